The van der Waals surface area contributed by atoms with E-state index in [9.17, 15) is 10.1 Å². The average molecular weight is 286 g/mol. The Labute approximate surface area is 126 Å². The van der Waals surface area contributed by atoms with Crippen molar-refractivity contribution in [2.75, 3.05) is 24.5 Å². The Kier molecular flexibility index (Phi) is 5.56. The van der Waals surface area contributed by atoms with E-state index in [-0.39, 0.29) is 11.8 Å². The summed E-state index contributed by atoms with van der Waals surface area (Å²) in [5.74, 6) is 0.817. The molecule has 0 spiro atoms. The molecule has 1 fully saturated rings. The third-order valence-corrected chi connectivity index (χ3v) is 3.83. The van der Waals surface area contributed by atoms with Crippen LogP contribution < -0.4 is 10.2 Å². The molecule has 1 aliphatic rings. The lowest BCUT2D eigenvalue weighted by molar-refractivity contribution is -0.125. The van der Waals surface area contributed by atoms with Crippen molar-refractivity contribution in [1.82, 2.24) is 10.3 Å². The van der Waals surface area contributed by atoms with Gasteiger partial charge in [-0.3, -0.25) is 4.79 Å². The molecule has 21 heavy (non-hydrogen) atoms. The molecule has 1 N–H and O–H groups in total. The number of nitrogens with zero attached hydrogens (tertiary/aromatic N) is 3. The van der Waals surface area contributed by atoms with E-state index in [0.29, 0.717) is 17.9 Å². The molecule has 2 heterocycles. The average Bonchev–Trinajstić information content (AvgIpc) is 2.55. The Morgan fingerprint density at radius 1 is 1.62 bits per heavy atom. The summed E-state index contributed by atoms with van der Waals surface area (Å²) in [4.78, 5) is 18.6. The smallest absolute Gasteiger partial charge is 0.224 e. The third-order valence-electron chi connectivity index (χ3n) is 3.83. The van der Waals surface area contributed by atoms with Crippen LogP contribution in [0.2, 0.25) is 0 Å². The van der Waals surface area contributed by atoms with Crippen molar-refractivity contribution in [3.63, 3.8) is 0 Å². The van der Waals surface area contributed by atoms with Crippen molar-refractivity contribution >= 4 is 11.7 Å². The number of hydrogen-bond donors (Lipinski definition) is 1. The summed E-state index contributed by atoms with van der Waals surface area (Å²) in [6, 6.07) is 5.71. The van der Waals surface area contributed by atoms with E-state index in [1.807, 2.05) is 0 Å². The Bertz CT molecular complexity index is 523. The number of aromatic nitrogens is 1. The zero-order valence-electron chi connectivity index (χ0n) is 12.5. The Hall–Kier alpha value is -2.09. The lowest BCUT2D eigenvalue weighted by Gasteiger charge is -2.33. The molecule has 1 aliphatic heterocycles. The standard InChI is InChI=1S/C16H22N4O/c1-2-3-8-19-16(21)14-7-5-10-20(12-14)15-13(11-17)6-4-9-18-15/h4,6,9,14H,2-3,5,7-8,10,12H2,1H3,(H,19,21). The minimum Gasteiger partial charge on any atom is -0.356 e. The van der Waals surface area contributed by atoms with E-state index in [1.54, 1.807) is 18.3 Å². The second kappa shape index (κ2) is 7.63. The molecule has 0 bridgehead atoms. The van der Waals surface area contributed by atoms with E-state index in [0.717, 1.165) is 38.8 Å². The highest BCUT2D eigenvalue weighted by Crippen LogP contribution is 2.24. The van der Waals surface area contributed by atoms with E-state index >= 15 is 0 Å². The van der Waals surface area contributed by atoms with Crippen molar-refractivity contribution in [3.05, 3.63) is 23.9 Å². The van der Waals surface area contributed by atoms with Gasteiger partial charge in [0.05, 0.1) is 11.5 Å². The SMILES string of the molecule is CCCCNC(=O)C1CCCN(c2ncccc2C#N)C1. The van der Waals surface area contributed by atoms with Gasteiger partial charge in [0.1, 0.15) is 11.9 Å². The molecule has 1 amide bonds. The monoisotopic (exact) mass is 286 g/mol. The molecule has 1 atom stereocenters. The van der Waals surface area contributed by atoms with Crippen LogP contribution in [0.4, 0.5) is 5.82 Å². The van der Waals surface area contributed by atoms with Gasteiger partial charge in [-0.1, -0.05) is 13.3 Å². The molecule has 2 rings (SSSR count). The zero-order valence-corrected chi connectivity index (χ0v) is 12.5. The molecule has 5 heteroatoms. The summed E-state index contributed by atoms with van der Waals surface area (Å²) < 4.78 is 0. The maximum atomic E-state index is 12.2. The number of hydrogen-bond acceptors (Lipinski definition) is 4. The van der Waals surface area contributed by atoms with Crippen LogP contribution in [-0.2, 0) is 4.79 Å². The first-order valence-corrected chi connectivity index (χ1v) is 7.64. The molecule has 0 aliphatic carbocycles. The van der Waals surface area contributed by atoms with Gasteiger partial charge in [0.25, 0.3) is 0 Å². The number of nitriles is 1. The molecule has 5 nitrogen and oxygen atoms in total. The first kappa shape index (κ1) is 15.3. The number of pyridine rings is 1. The fraction of sp³-hybridized carbons (Fsp3) is 0.562. The van der Waals surface area contributed by atoms with Crippen LogP contribution >= 0.6 is 0 Å². The van der Waals surface area contributed by atoms with E-state index < -0.39 is 0 Å². The Morgan fingerprint density at radius 2 is 2.48 bits per heavy atom. The van der Waals surface area contributed by atoms with Crippen LogP contribution in [0.5, 0.6) is 0 Å². The van der Waals surface area contributed by atoms with Crippen LogP contribution in [0.3, 0.4) is 0 Å². The van der Waals surface area contributed by atoms with Crippen molar-refractivity contribution < 1.29 is 4.79 Å². The van der Waals surface area contributed by atoms with Gasteiger partial charge in [0.2, 0.25) is 5.91 Å². The number of carbonyl (C=O) groups excluding carboxylic acids is 1. The Balaban J connectivity index is 2.00. The fourth-order valence-electron chi connectivity index (χ4n) is 2.65. The van der Waals surface area contributed by atoms with Gasteiger partial charge in [0, 0.05) is 25.8 Å². The number of amides is 1. The molecule has 1 unspecified atom stereocenters. The number of rotatable bonds is 5. The molecular weight excluding hydrogens is 264 g/mol. The van der Waals surface area contributed by atoms with E-state index in [2.05, 4.69) is 28.2 Å². The molecule has 1 saturated heterocycles. The summed E-state index contributed by atoms with van der Waals surface area (Å²) >= 11 is 0. The van der Waals surface area contributed by atoms with Gasteiger partial charge in [-0.2, -0.15) is 5.26 Å². The molecule has 0 radical (unpaired) electrons. The summed E-state index contributed by atoms with van der Waals surface area (Å²) in [6.45, 7) is 4.35. The minimum absolute atomic E-state index is 0.0100. The van der Waals surface area contributed by atoms with Gasteiger partial charge in [-0.25, -0.2) is 4.98 Å². The second-order valence-corrected chi connectivity index (χ2v) is 5.42. The summed E-state index contributed by atoms with van der Waals surface area (Å²) in [5, 5.41) is 12.2. The van der Waals surface area contributed by atoms with E-state index in [4.69, 9.17) is 0 Å². The molecule has 0 aromatic carbocycles. The Morgan fingerprint density at radius 3 is 3.24 bits per heavy atom. The van der Waals surface area contributed by atoms with Gasteiger partial charge in [0.15, 0.2) is 0 Å². The van der Waals surface area contributed by atoms with Crippen molar-refractivity contribution in [1.29, 1.82) is 5.26 Å². The highest BCUT2D eigenvalue weighted by atomic mass is 16.1. The van der Waals surface area contributed by atoms with Crippen LogP contribution in [0, 0.1) is 17.2 Å². The third kappa shape index (κ3) is 3.94. The normalized spacial score (nSPS) is 18.1. The lowest BCUT2D eigenvalue weighted by atomic mass is 9.96. The van der Waals surface area contributed by atoms with Crippen molar-refractivity contribution in [2.45, 2.75) is 32.6 Å². The fourth-order valence-corrected chi connectivity index (χ4v) is 2.65. The lowest BCUT2D eigenvalue weighted by Crippen LogP contribution is -2.43. The molecule has 112 valence electrons. The van der Waals surface area contributed by atoms with Gasteiger partial charge < -0.3 is 10.2 Å². The largest absolute Gasteiger partial charge is 0.356 e. The zero-order chi connectivity index (χ0) is 15.1. The minimum atomic E-state index is -0.0100. The summed E-state index contributed by atoms with van der Waals surface area (Å²) in [5.41, 5.74) is 0.574. The maximum Gasteiger partial charge on any atom is 0.224 e. The van der Waals surface area contributed by atoms with Gasteiger partial charge in [-0.05, 0) is 31.4 Å². The van der Waals surface area contributed by atoms with Crippen LogP contribution in [-0.4, -0.2) is 30.5 Å². The van der Waals surface area contributed by atoms with E-state index in [1.165, 1.54) is 0 Å². The summed E-state index contributed by atoms with van der Waals surface area (Å²) in [6.07, 6.45) is 5.65. The van der Waals surface area contributed by atoms with Crippen LogP contribution in [0.15, 0.2) is 18.3 Å². The van der Waals surface area contributed by atoms with Gasteiger partial charge >= 0.3 is 0 Å². The number of nitrogens with one attached hydrogen (secondary N) is 1. The van der Waals surface area contributed by atoms with Crippen molar-refractivity contribution in [2.24, 2.45) is 5.92 Å². The van der Waals surface area contributed by atoms with Crippen molar-refractivity contribution in [3.8, 4) is 6.07 Å². The molecule has 1 aromatic heterocycles. The molecule has 0 saturated carbocycles. The predicted octanol–water partition coefficient (Wildman–Crippen LogP) is 2.09. The first-order valence-electron chi connectivity index (χ1n) is 7.64. The number of anilines is 1. The summed E-state index contributed by atoms with van der Waals surface area (Å²) in [7, 11) is 0. The second-order valence-electron chi connectivity index (χ2n) is 5.42. The molecular formula is C16H22N4O. The van der Waals surface area contributed by atoms with Crippen LogP contribution in [0.1, 0.15) is 38.2 Å². The maximum absolute atomic E-state index is 12.2. The first-order chi connectivity index (χ1) is 10.3. The molecule has 1 aromatic rings. The quantitative estimate of drug-likeness (QED) is 0.841. The highest BCUT2D eigenvalue weighted by Gasteiger charge is 2.27. The number of carbonyl (C=O) groups is 1. The number of piperidine rings is 1. The van der Waals surface area contributed by atoms with Gasteiger partial charge in [-0.15, -0.1) is 0 Å². The van der Waals surface area contributed by atoms with Crippen LogP contribution in [0.25, 0.3) is 0 Å². The number of unbranched alkanes of at least 4 members (excludes halogenated alkanes) is 1. The predicted molar refractivity (Wildman–Crippen MR) is 81.8 cm³/mol. The topological polar surface area (TPSA) is 69.0 Å². The highest BCUT2D eigenvalue weighted by molar-refractivity contribution is 5.79.